The van der Waals surface area contributed by atoms with Gasteiger partial charge < -0.3 is 15.8 Å². The highest BCUT2D eigenvalue weighted by molar-refractivity contribution is 5.94. The Hall–Kier alpha value is -3.51. The SMILES string of the molecule is NC1C/C(=C/c2cccc(Oc3ccc(C4CC4)cn3)c2)CCC1NC(=O)c1cccnc1. The average molecular weight is 441 g/mol. The summed E-state index contributed by atoms with van der Waals surface area (Å²) in [4.78, 5) is 20.9. The van der Waals surface area contributed by atoms with E-state index in [2.05, 4.69) is 33.5 Å². The molecule has 2 fully saturated rings. The lowest BCUT2D eigenvalue weighted by atomic mass is 9.86. The van der Waals surface area contributed by atoms with Gasteiger partial charge in [-0.05, 0) is 73.4 Å². The summed E-state index contributed by atoms with van der Waals surface area (Å²) >= 11 is 0. The Morgan fingerprint density at radius 1 is 1.09 bits per heavy atom. The van der Waals surface area contributed by atoms with Crippen molar-refractivity contribution in [1.29, 1.82) is 0 Å². The van der Waals surface area contributed by atoms with Crippen molar-refractivity contribution in [3.05, 3.63) is 89.4 Å². The molecular formula is C27H28N4O2. The van der Waals surface area contributed by atoms with E-state index in [0.717, 1.165) is 30.6 Å². The zero-order chi connectivity index (χ0) is 22.6. The quantitative estimate of drug-likeness (QED) is 0.572. The number of amides is 1. The Morgan fingerprint density at radius 2 is 2.00 bits per heavy atom. The number of nitrogens with zero attached hydrogens (tertiary/aromatic N) is 2. The molecule has 0 saturated heterocycles. The fraction of sp³-hybridized carbons (Fsp3) is 0.296. The first-order valence-electron chi connectivity index (χ1n) is 11.5. The zero-order valence-electron chi connectivity index (χ0n) is 18.5. The number of nitrogens with two attached hydrogens (primary N) is 1. The van der Waals surface area contributed by atoms with Crippen LogP contribution in [0.5, 0.6) is 11.6 Å². The van der Waals surface area contributed by atoms with Crippen LogP contribution in [0.25, 0.3) is 6.08 Å². The van der Waals surface area contributed by atoms with Crippen molar-refractivity contribution in [3.8, 4) is 11.6 Å². The molecule has 2 saturated carbocycles. The number of hydrogen-bond donors (Lipinski definition) is 2. The van der Waals surface area contributed by atoms with E-state index >= 15 is 0 Å². The third kappa shape index (κ3) is 5.46. The smallest absolute Gasteiger partial charge is 0.253 e. The molecule has 5 rings (SSSR count). The minimum Gasteiger partial charge on any atom is -0.439 e. The largest absolute Gasteiger partial charge is 0.439 e. The number of carbonyl (C=O) groups is 1. The Kier molecular flexibility index (Phi) is 6.17. The number of hydrogen-bond acceptors (Lipinski definition) is 5. The first kappa shape index (κ1) is 21.3. The monoisotopic (exact) mass is 440 g/mol. The molecule has 1 aromatic carbocycles. The van der Waals surface area contributed by atoms with Crippen molar-refractivity contribution >= 4 is 12.0 Å². The number of nitrogens with one attached hydrogen (secondary N) is 1. The molecule has 2 aromatic heterocycles. The van der Waals surface area contributed by atoms with Gasteiger partial charge in [0.2, 0.25) is 5.88 Å². The van der Waals surface area contributed by atoms with Crippen molar-refractivity contribution in [2.45, 2.75) is 50.1 Å². The van der Waals surface area contributed by atoms with Crippen LogP contribution in [0.15, 0.2) is 72.7 Å². The molecule has 2 aliphatic carbocycles. The zero-order valence-corrected chi connectivity index (χ0v) is 18.5. The van der Waals surface area contributed by atoms with Crippen molar-refractivity contribution < 1.29 is 9.53 Å². The Morgan fingerprint density at radius 3 is 2.73 bits per heavy atom. The molecule has 2 unspecified atom stereocenters. The summed E-state index contributed by atoms with van der Waals surface area (Å²) in [6.07, 6.45) is 12.3. The molecule has 0 aliphatic heterocycles. The van der Waals surface area contributed by atoms with Gasteiger partial charge in [0.05, 0.1) is 5.56 Å². The summed E-state index contributed by atoms with van der Waals surface area (Å²) in [6, 6.07) is 15.4. The van der Waals surface area contributed by atoms with Crippen molar-refractivity contribution in [3.63, 3.8) is 0 Å². The van der Waals surface area contributed by atoms with Crippen LogP contribution in [0.1, 0.15) is 59.5 Å². The average Bonchev–Trinajstić information content (AvgIpc) is 3.68. The van der Waals surface area contributed by atoms with E-state index in [1.165, 1.54) is 24.0 Å². The van der Waals surface area contributed by atoms with Gasteiger partial charge in [-0.2, -0.15) is 0 Å². The van der Waals surface area contributed by atoms with Gasteiger partial charge in [0.15, 0.2) is 0 Å². The predicted octanol–water partition coefficient (Wildman–Crippen LogP) is 4.84. The van der Waals surface area contributed by atoms with Crippen LogP contribution in [-0.2, 0) is 0 Å². The summed E-state index contributed by atoms with van der Waals surface area (Å²) in [5.74, 6) is 1.93. The predicted molar refractivity (Wildman–Crippen MR) is 128 cm³/mol. The lowest BCUT2D eigenvalue weighted by Gasteiger charge is -2.31. The number of pyridine rings is 2. The summed E-state index contributed by atoms with van der Waals surface area (Å²) < 4.78 is 5.97. The molecule has 3 aromatic rings. The van der Waals surface area contributed by atoms with Gasteiger partial charge in [-0.15, -0.1) is 0 Å². The molecule has 2 heterocycles. The molecule has 33 heavy (non-hydrogen) atoms. The highest BCUT2D eigenvalue weighted by atomic mass is 16.5. The Labute approximate surface area is 193 Å². The summed E-state index contributed by atoms with van der Waals surface area (Å²) in [7, 11) is 0. The summed E-state index contributed by atoms with van der Waals surface area (Å²) in [6.45, 7) is 0. The van der Waals surface area contributed by atoms with Gasteiger partial charge in [-0.3, -0.25) is 9.78 Å². The normalized spacial score (nSPS) is 21.5. The second kappa shape index (κ2) is 9.55. The molecule has 6 nitrogen and oxygen atoms in total. The highest BCUT2D eigenvalue weighted by Gasteiger charge is 2.26. The van der Waals surface area contributed by atoms with Crippen molar-refractivity contribution in [1.82, 2.24) is 15.3 Å². The molecule has 168 valence electrons. The van der Waals surface area contributed by atoms with Gasteiger partial charge in [0.1, 0.15) is 5.75 Å². The highest BCUT2D eigenvalue weighted by Crippen LogP contribution is 2.40. The number of carbonyl (C=O) groups excluding carboxylic acids is 1. The molecule has 0 bridgehead atoms. The summed E-state index contributed by atoms with van der Waals surface area (Å²) in [5, 5.41) is 3.06. The van der Waals surface area contributed by atoms with Crippen LogP contribution >= 0.6 is 0 Å². The van der Waals surface area contributed by atoms with Crippen LogP contribution in [0, 0.1) is 0 Å². The van der Waals surface area contributed by atoms with E-state index in [9.17, 15) is 4.79 Å². The molecular weight excluding hydrogens is 412 g/mol. The van der Waals surface area contributed by atoms with E-state index < -0.39 is 0 Å². The standard InChI is InChI=1S/C27H28N4O2/c28-24-15-19(6-10-25(24)31-27(32)22-4-2-12-29-16-22)13-18-3-1-5-23(14-18)33-26-11-9-21(17-30-26)20-7-8-20/h1-5,9,11-14,16-17,20,24-25H,6-8,10,15,28H2,(H,31,32)/b19-13+. The Bertz CT molecular complexity index is 1140. The van der Waals surface area contributed by atoms with E-state index in [1.807, 2.05) is 30.5 Å². The number of ether oxygens (including phenoxy) is 1. The first-order valence-corrected chi connectivity index (χ1v) is 11.5. The maximum atomic E-state index is 12.4. The van der Waals surface area contributed by atoms with Crippen LogP contribution in [-0.4, -0.2) is 28.0 Å². The second-order valence-corrected chi connectivity index (χ2v) is 8.91. The van der Waals surface area contributed by atoms with Crippen LogP contribution in [0.4, 0.5) is 0 Å². The number of benzene rings is 1. The van der Waals surface area contributed by atoms with Gasteiger partial charge in [0, 0.05) is 36.7 Å². The lowest BCUT2D eigenvalue weighted by molar-refractivity contribution is 0.0925. The number of aromatic nitrogens is 2. The molecule has 0 radical (unpaired) electrons. The second-order valence-electron chi connectivity index (χ2n) is 8.91. The van der Waals surface area contributed by atoms with E-state index in [1.54, 1.807) is 24.5 Å². The minimum absolute atomic E-state index is 0.0470. The van der Waals surface area contributed by atoms with Gasteiger partial charge in [-0.25, -0.2) is 4.98 Å². The topological polar surface area (TPSA) is 90.1 Å². The minimum atomic E-state index is -0.126. The fourth-order valence-electron chi connectivity index (χ4n) is 4.30. The molecule has 3 N–H and O–H groups in total. The lowest BCUT2D eigenvalue weighted by Crippen LogP contribution is -2.49. The van der Waals surface area contributed by atoms with Crippen LogP contribution < -0.4 is 15.8 Å². The van der Waals surface area contributed by atoms with E-state index in [4.69, 9.17) is 10.5 Å². The molecule has 2 aliphatic rings. The van der Waals surface area contributed by atoms with E-state index in [0.29, 0.717) is 17.4 Å². The molecule has 0 spiro atoms. The van der Waals surface area contributed by atoms with Crippen LogP contribution in [0.3, 0.4) is 0 Å². The molecule has 2 atom stereocenters. The van der Waals surface area contributed by atoms with Crippen molar-refractivity contribution in [2.75, 3.05) is 0 Å². The van der Waals surface area contributed by atoms with Gasteiger partial charge >= 0.3 is 0 Å². The molecule has 6 heteroatoms. The van der Waals surface area contributed by atoms with Gasteiger partial charge in [0.25, 0.3) is 5.91 Å². The Balaban J connectivity index is 1.19. The molecule has 1 amide bonds. The number of rotatable bonds is 6. The maximum absolute atomic E-state index is 12.4. The van der Waals surface area contributed by atoms with Gasteiger partial charge in [-0.1, -0.05) is 29.8 Å². The summed E-state index contributed by atoms with van der Waals surface area (Å²) in [5.41, 5.74) is 10.6. The third-order valence-corrected chi connectivity index (χ3v) is 6.29. The first-order chi connectivity index (χ1) is 16.1. The van der Waals surface area contributed by atoms with Crippen molar-refractivity contribution in [2.24, 2.45) is 5.73 Å². The maximum Gasteiger partial charge on any atom is 0.253 e. The van der Waals surface area contributed by atoms with E-state index in [-0.39, 0.29) is 18.0 Å². The van der Waals surface area contributed by atoms with Crippen LogP contribution in [0.2, 0.25) is 0 Å². The third-order valence-electron chi connectivity index (χ3n) is 6.29. The fourth-order valence-corrected chi connectivity index (χ4v) is 4.30.